The Morgan fingerprint density at radius 2 is 2.06 bits per heavy atom. The number of rotatable bonds is 3. The van der Waals surface area contributed by atoms with Crippen LogP contribution in [0.5, 0.6) is 0 Å². The van der Waals surface area contributed by atoms with Crippen LogP contribution in [0.4, 0.5) is 0 Å². The molecule has 0 radical (unpaired) electrons. The summed E-state index contributed by atoms with van der Waals surface area (Å²) in [4.78, 5) is 4.14. The third-order valence-corrected chi connectivity index (χ3v) is 5.68. The van der Waals surface area contributed by atoms with Gasteiger partial charge in [-0.3, -0.25) is 4.98 Å². The standard InChI is InChI=1S/C12H19N3O2S/c1-12(10-13)6-2-3-9-15(12)18(16,17)11-4-7-14-8-5-11/h4-5,7-8H,2-3,6,9-10,13H2,1H3. The fourth-order valence-electron chi connectivity index (χ4n) is 2.41. The molecule has 2 rings (SSSR count). The summed E-state index contributed by atoms with van der Waals surface area (Å²) in [5, 5.41) is 0. The van der Waals surface area contributed by atoms with Crippen molar-refractivity contribution in [3.05, 3.63) is 24.5 Å². The largest absolute Gasteiger partial charge is 0.329 e. The zero-order valence-corrected chi connectivity index (χ0v) is 11.4. The summed E-state index contributed by atoms with van der Waals surface area (Å²) in [6, 6.07) is 3.06. The van der Waals surface area contributed by atoms with Gasteiger partial charge in [-0.25, -0.2) is 8.42 Å². The average molecular weight is 269 g/mol. The predicted molar refractivity (Wildman–Crippen MR) is 69.4 cm³/mol. The van der Waals surface area contributed by atoms with E-state index in [0.717, 1.165) is 19.3 Å². The van der Waals surface area contributed by atoms with Crippen molar-refractivity contribution in [3.8, 4) is 0 Å². The second-order valence-corrected chi connectivity index (χ2v) is 6.78. The lowest BCUT2D eigenvalue weighted by molar-refractivity contribution is 0.158. The monoisotopic (exact) mass is 269 g/mol. The fraction of sp³-hybridized carbons (Fsp3) is 0.583. The predicted octanol–water partition coefficient (Wildman–Crippen LogP) is 0.974. The van der Waals surface area contributed by atoms with E-state index in [1.165, 1.54) is 24.5 Å². The first kappa shape index (κ1) is 13.5. The number of hydrogen-bond acceptors (Lipinski definition) is 4. The second-order valence-electron chi connectivity index (χ2n) is 4.92. The summed E-state index contributed by atoms with van der Waals surface area (Å²) in [6.45, 7) is 2.81. The van der Waals surface area contributed by atoms with Gasteiger partial charge in [0, 0.05) is 31.0 Å². The first-order valence-electron chi connectivity index (χ1n) is 6.14. The van der Waals surface area contributed by atoms with Gasteiger partial charge in [0.1, 0.15) is 0 Å². The Hall–Kier alpha value is -0.980. The van der Waals surface area contributed by atoms with Crippen LogP contribution in [-0.4, -0.2) is 36.3 Å². The molecule has 0 aliphatic carbocycles. The van der Waals surface area contributed by atoms with Crippen molar-refractivity contribution in [3.63, 3.8) is 0 Å². The number of nitrogens with two attached hydrogens (primary N) is 1. The molecule has 0 spiro atoms. The summed E-state index contributed by atoms with van der Waals surface area (Å²) >= 11 is 0. The number of aromatic nitrogens is 1. The SMILES string of the molecule is CC1(CN)CCCCN1S(=O)(=O)c1ccncc1. The highest BCUT2D eigenvalue weighted by Gasteiger charge is 2.41. The van der Waals surface area contributed by atoms with Crippen LogP contribution in [0, 0.1) is 0 Å². The Morgan fingerprint density at radius 1 is 1.39 bits per heavy atom. The Kier molecular flexibility index (Phi) is 3.70. The van der Waals surface area contributed by atoms with Crippen molar-refractivity contribution in [2.45, 2.75) is 36.6 Å². The van der Waals surface area contributed by atoms with E-state index in [1.807, 2.05) is 6.92 Å². The Balaban J connectivity index is 2.40. The first-order valence-corrected chi connectivity index (χ1v) is 7.58. The van der Waals surface area contributed by atoms with E-state index >= 15 is 0 Å². The van der Waals surface area contributed by atoms with Crippen LogP contribution in [0.2, 0.25) is 0 Å². The molecule has 2 N–H and O–H groups in total. The molecule has 1 aromatic heterocycles. The molecule has 5 nitrogen and oxygen atoms in total. The third-order valence-electron chi connectivity index (χ3n) is 3.61. The molecular weight excluding hydrogens is 250 g/mol. The van der Waals surface area contributed by atoms with Crippen LogP contribution >= 0.6 is 0 Å². The molecule has 100 valence electrons. The second kappa shape index (κ2) is 4.95. The van der Waals surface area contributed by atoms with Crippen LogP contribution in [0.3, 0.4) is 0 Å². The summed E-state index contributed by atoms with van der Waals surface area (Å²) in [5.74, 6) is 0. The molecule has 1 aliphatic heterocycles. The maximum absolute atomic E-state index is 12.6. The molecule has 1 aromatic rings. The van der Waals surface area contributed by atoms with Gasteiger partial charge in [-0.2, -0.15) is 4.31 Å². The average Bonchev–Trinajstić information content (AvgIpc) is 2.40. The van der Waals surface area contributed by atoms with Gasteiger partial charge in [0.05, 0.1) is 4.90 Å². The zero-order valence-electron chi connectivity index (χ0n) is 10.5. The molecule has 0 bridgehead atoms. The molecule has 0 saturated carbocycles. The minimum absolute atomic E-state index is 0.291. The maximum Gasteiger partial charge on any atom is 0.243 e. The maximum atomic E-state index is 12.6. The summed E-state index contributed by atoms with van der Waals surface area (Å²) in [5.41, 5.74) is 5.31. The lowest BCUT2D eigenvalue weighted by Gasteiger charge is -2.43. The first-order chi connectivity index (χ1) is 8.50. The minimum atomic E-state index is -3.47. The molecule has 2 heterocycles. The van der Waals surface area contributed by atoms with Crippen LogP contribution in [-0.2, 0) is 10.0 Å². The van der Waals surface area contributed by atoms with E-state index in [4.69, 9.17) is 5.73 Å². The van der Waals surface area contributed by atoms with Gasteiger partial charge >= 0.3 is 0 Å². The Labute approximate surface area is 108 Å². The van der Waals surface area contributed by atoms with Gasteiger partial charge in [0.15, 0.2) is 0 Å². The van der Waals surface area contributed by atoms with Crippen LogP contribution in [0.15, 0.2) is 29.4 Å². The third kappa shape index (κ3) is 2.28. The topological polar surface area (TPSA) is 76.3 Å². The number of nitrogens with zero attached hydrogens (tertiary/aromatic N) is 2. The smallest absolute Gasteiger partial charge is 0.243 e. The summed E-state index contributed by atoms with van der Waals surface area (Å²) in [6.07, 6.45) is 5.72. The molecule has 6 heteroatoms. The molecule has 0 amide bonds. The van der Waals surface area contributed by atoms with E-state index in [1.54, 1.807) is 4.31 Å². The van der Waals surface area contributed by atoms with Crippen LogP contribution in [0.25, 0.3) is 0 Å². The quantitative estimate of drug-likeness (QED) is 0.887. The molecule has 0 aromatic carbocycles. The molecular formula is C12H19N3O2S. The summed E-state index contributed by atoms with van der Waals surface area (Å²) in [7, 11) is -3.47. The Morgan fingerprint density at radius 3 is 2.67 bits per heavy atom. The lowest BCUT2D eigenvalue weighted by atomic mass is 9.91. The van der Waals surface area contributed by atoms with E-state index in [9.17, 15) is 8.42 Å². The number of hydrogen-bond donors (Lipinski definition) is 1. The molecule has 18 heavy (non-hydrogen) atoms. The van der Waals surface area contributed by atoms with Crippen LogP contribution < -0.4 is 5.73 Å². The van der Waals surface area contributed by atoms with Gasteiger partial charge in [-0.15, -0.1) is 0 Å². The van der Waals surface area contributed by atoms with Crippen molar-refractivity contribution in [1.29, 1.82) is 0 Å². The van der Waals surface area contributed by atoms with Crippen LogP contribution in [0.1, 0.15) is 26.2 Å². The summed E-state index contributed by atoms with van der Waals surface area (Å²) < 4.78 is 26.8. The number of sulfonamides is 1. The van der Waals surface area contributed by atoms with Crippen molar-refractivity contribution in [2.24, 2.45) is 5.73 Å². The molecule has 1 unspecified atom stereocenters. The van der Waals surface area contributed by atoms with Crippen molar-refractivity contribution >= 4 is 10.0 Å². The molecule has 1 atom stereocenters. The Bertz CT molecular complexity index is 503. The van der Waals surface area contributed by atoms with Gasteiger partial charge in [-0.1, -0.05) is 6.42 Å². The zero-order chi connectivity index (χ0) is 13.2. The number of pyridine rings is 1. The van der Waals surface area contributed by atoms with E-state index in [-0.39, 0.29) is 0 Å². The van der Waals surface area contributed by atoms with Gasteiger partial charge in [-0.05, 0) is 31.9 Å². The highest BCUT2D eigenvalue weighted by atomic mass is 32.2. The van der Waals surface area contributed by atoms with E-state index in [2.05, 4.69) is 4.98 Å². The fourth-order valence-corrected chi connectivity index (χ4v) is 4.24. The highest BCUT2D eigenvalue weighted by molar-refractivity contribution is 7.89. The molecule has 1 aliphatic rings. The molecule has 1 saturated heterocycles. The minimum Gasteiger partial charge on any atom is -0.329 e. The van der Waals surface area contributed by atoms with E-state index in [0.29, 0.717) is 18.0 Å². The van der Waals surface area contributed by atoms with Crippen molar-refractivity contribution < 1.29 is 8.42 Å². The van der Waals surface area contributed by atoms with Gasteiger partial charge < -0.3 is 5.73 Å². The van der Waals surface area contributed by atoms with Crippen molar-refractivity contribution in [1.82, 2.24) is 9.29 Å². The van der Waals surface area contributed by atoms with Gasteiger partial charge in [0.25, 0.3) is 0 Å². The highest BCUT2D eigenvalue weighted by Crippen LogP contribution is 2.32. The lowest BCUT2D eigenvalue weighted by Crippen LogP contribution is -2.56. The van der Waals surface area contributed by atoms with Crippen molar-refractivity contribution in [2.75, 3.05) is 13.1 Å². The normalized spacial score (nSPS) is 26.1. The molecule has 1 fully saturated rings. The van der Waals surface area contributed by atoms with E-state index < -0.39 is 15.6 Å². The van der Waals surface area contributed by atoms with Gasteiger partial charge in [0.2, 0.25) is 10.0 Å². The number of piperidine rings is 1.